The minimum Gasteiger partial charge on any atom is -0.343 e. The van der Waals surface area contributed by atoms with Gasteiger partial charge in [-0.2, -0.15) is 0 Å². The van der Waals surface area contributed by atoms with Crippen molar-refractivity contribution in [1.29, 1.82) is 0 Å². The smallest absolute Gasteiger partial charge is 0.222 e. The Kier molecular flexibility index (Phi) is 6.09. The molecular weight excluding hydrogens is 284 g/mol. The molecule has 1 aromatic rings. The molecule has 3 nitrogen and oxygen atoms in total. The maximum Gasteiger partial charge on any atom is 0.222 e. The van der Waals surface area contributed by atoms with Gasteiger partial charge in [-0.25, -0.2) is 0 Å². The van der Waals surface area contributed by atoms with Crippen molar-refractivity contribution in [3.63, 3.8) is 0 Å². The average molecular weight is 314 g/mol. The normalized spacial score (nSPS) is 22.4. The van der Waals surface area contributed by atoms with Crippen molar-refractivity contribution in [3.8, 4) is 0 Å². The van der Waals surface area contributed by atoms with Gasteiger partial charge in [0.25, 0.3) is 0 Å². The Balaban J connectivity index is 1.33. The molecule has 23 heavy (non-hydrogen) atoms. The zero-order valence-corrected chi connectivity index (χ0v) is 14.2. The summed E-state index contributed by atoms with van der Waals surface area (Å²) in [5, 5.41) is 3.38. The van der Waals surface area contributed by atoms with Gasteiger partial charge in [0.05, 0.1) is 0 Å². The summed E-state index contributed by atoms with van der Waals surface area (Å²) in [5.74, 6) is 1.90. The fourth-order valence-corrected chi connectivity index (χ4v) is 3.93. The Morgan fingerprint density at radius 1 is 1.04 bits per heavy atom. The Labute approximate surface area is 140 Å². The van der Waals surface area contributed by atoms with E-state index < -0.39 is 0 Å². The minimum atomic E-state index is 0.387. The highest BCUT2D eigenvalue weighted by atomic mass is 16.2. The Morgan fingerprint density at radius 3 is 2.52 bits per heavy atom. The number of hydrogen-bond acceptors (Lipinski definition) is 2. The van der Waals surface area contributed by atoms with Crippen LogP contribution in [0.4, 0.5) is 0 Å². The van der Waals surface area contributed by atoms with Crippen molar-refractivity contribution in [2.24, 2.45) is 11.8 Å². The van der Waals surface area contributed by atoms with E-state index in [9.17, 15) is 4.79 Å². The highest BCUT2D eigenvalue weighted by molar-refractivity contribution is 5.76. The summed E-state index contributed by atoms with van der Waals surface area (Å²) >= 11 is 0. The monoisotopic (exact) mass is 314 g/mol. The van der Waals surface area contributed by atoms with Crippen LogP contribution in [-0.2, 0) is 11.2 Å². The fourth-order valence-electron chi connectivity index (χ4n) is 3.93. The van der Waals surface area contributed by atoms with Crippen LogP contribution in [0.1, 0.15) is 44.1 Å². The Bertz CT molecular complexity index is 474. The molecule has 0 aromatic heterocycles. The van der Waals surface area contributed by atoms with Crippen LogP contribution in [0.25, 0.3) is 0 Å². The predicted molar refractivity (Wildman–Crippen MR) is 94.3 cm³/mol. The quantitative estimate of drug-likeness (QED) is 0.874. The number of likely N-dealkylation sites (tertiary alicyclic amines) is 1. The summed E-state index contributed by atoms with van der Waals surface area (Å²) < 4.78 is 0. The van der Waals surface area contributed by atoms with Gasteiger partial charge in [-0.15, -0.1) is 0 Å². The van der Waals surface area contributed by atoms with Crippen molar-refractivity contribution in [2.45, 2.75) is 44.9 Å². The van der Waals surface area contributed by atoms with Crippen LogP contribution in [0.3, 0.4) is 0 Å². The number of aryl methyl sites for hydroxylation is 1. The van der Waals surface area contributed by atoms with Crippen LogP contribution in [0.5, 0.6) is 0 Å². The molecule has 0 saturated carbocycles. The van der Waals surface area contributed by atoms with E-state index in [-0.39, 0.29) is 0 Å². The number of amides is 1. The van der Waals surface area contributed by atoms with Gasteiger partial charge in [-0.1, -0.05) is 30.3 Å². The third kappa shape index (κ3) is 5.07. The van der Waals surface area contributed by atoms with Gasteiger partial charge in [-0.3, -0.25) is 4.79 Å². The molecule has 1 N–H and O–H groups in total. The molecule has 1 atom stereocenters. The van der Waals surface area contributed by atoms with Crippen LogP contribution in [0.2, 0.25) is 0 Å². The highest BCUT2D eigenvalue weighted by Crippen LogP contribution is 2.23. The third-order valence-electron chi connectivity index (χ3n) is 5.58. The molecule has 2 aliphatic heterocycles. The van der Waals surface area contributed by atoms with Crippen molar-refractivity contribution in [1.82, 2.24) is 10.2 Å². The first-order valence-electron chi connectivity index (χ1n) is 9.33. The predicted octanol–water partition coefficient (Wildman–Crippen LogP) is 3.25. The lowest BCUT2D eigenvalue weighted by Gasteiger charge is -2.32. The highest BCUT2D eigenvalue weighted by Gasteiger charge is 2.23. The molecule has 0 aliphatic carbocycles. The molecule has 0 bridgehead atoms. The van der Waals surface area contributed by atoms with Gasteiger partial charge in [0.2, 0.25) is 5.91 Å². The van der Waals surface area contributed by atoms with Gasteiger partial charge in [0, 0.05) is 19.5 Å². The molecule has 0 spiro atoms. The molecule has 1 aromatic carbocycles. The van der Waals surface area contributed by atoms with Gasteiger partial charge >= 0.3 is 0 Å². The van der Waals surface area contributed by atoms with E-state index in [0.717, 1.165) is 50.9 Å². The molecule has 126 valence electrons. The molecule has 3 heteroatoms. The minimum absolute atomic E-state index is 0.387. The number of nitrogens with one attached hydrogen (secondary N) is 1. The maximum absolute atomic E-state index is 12.3. The summed E-state index contributed by atoms with van der Waals surface area (Å²) in [6.45, 7) is 4.18. The number of carbonyl (C=O) groups excluding carboxylic acids is 1. The number of carbonyl (C=O) groups is 1. The van der Waals surface area contributed by atoms with Crippen LogP contribution in [0.15, 0.2) is 30.3 Å². The van der Waals surface area contributed by atoms with E-state index in [0.29, 0.717) is 5.91 Å². The topological polar surface area (TPSA) is 32.3 Å². The first kappa shape index (κ1) is 16.5. The molecule has 1 unspecified atom stereocenters. The lowest BCUT2D eigenvalue weighted by atomic mass is 9.90. The van der Waals surface area contributed by atoms with Crippen molar-refractivity contribution < 1.29 is 4.79 Å². The summed E-state index contributed by atoms with van der Waals surface area (Å²) in [5.41, 5.74) is 1.44. The number of nitrogens with zero attached hydrogens (tertiary/aromatic N) is 1. The molecule has 2 aliphatic rings. The van der Waals surface area contributed by atoms with E-state index in [1.54, 1.807) is 0 Å². The Morgan fingerprint density at radius 2 is 1.83 bits per heavy atom. The lowest BCUT2D eigenvalue weighted by Crippen LogP contribution is -2.38. The SMILES string of the molecule is O=C(CCC1CCNC1)N1CCC(CCc2ccccc2)CC1. The first-order valence-corrected chi connectivity index (χ1v) is 9.33. The van der Waals surface area contributed by atoms with Crippen molar-refractivity contribution in [3.05, 3.63) is 35.9 Å². The summed E-state index contributed by atoms with van der Waals surface area (Å²) in [7, 11) is 0. The molecule has 2 fully saturated rings. The van der Waals surface area contributed by atoms with Crippen molar-refractivity contribution >= 4 is 5.91 Å². The van der Waals surface area contributed by atoms with E-state index in [2.05, 4.69) is 40.5 Å². The van der Waals surface area contributed by atoms with Crippen LogP contribution >= 0.6 is 0 Å². The zero-order valence-electron chi connectivity index (χ0n) is 14.2. The molecular formula is C20H30N2O. The fraction of sp³-hybridized carbons (Fsp3) is 0.650. The lowest BCUT2D eigenvalue weighted by molar-refractivity contribution is -0.132. The molecule has 2 saturated heterocycles. The number of hydrogen-bond donors (Lipinski definition) is 1. The van der Waals surface area contributed by atoms with E-state index in [4.69, 9.17) is 0 Å². The first-order chi connectivity index (χ1) is 11.3. The summed E-state index contributed by atoms with van der Waals surface area (Å²) in [4.78, 5) is 14.5. The van der Waals surface area contributed by atoms with Gasteiger partial charge in [-0.05, 0) is 69.0 Å². The van der Waals surface area contributed by atoms with Gasteiger partial charge in [0.15, 0.2) is 0 Å². The number of piperidine rings is 1. The summed E-state index contributed by atoms with van der Waals surface area (Å²) in [6.07, 6.45) is 7.87. The van der Waals surface area contributed by atoms with Crippen LogP contribution < -0.4 is 5.32 Å². The van der Waals surface area contributed by atoms with E-state index in [1.807, 2.05) is 0 Å². The second-order valence-corrected chi connectivity index (χ2v) is 7.25. The third-order valence-corrected chi connectivity index (χ3v) is 5.58. The largest absolute Gasteiger partial charge is 0.343 e. The van der Waals surface area contributed by atoms with Gasteiger partial charge in [0.1, 0.15) is 0 Å². The average Bonchev–Trinajstić information content (AvgIpc) is 3.13. The second-order valence-electron chi connectivity index (χ2n) is 7.25. The Hall–Kier alpha value is -1.35. The van der Waals surface area contributed by atoms with Crippen molar-refractivity contribution in [2.75, 3.05) is 26.2 Å². The molecule has 2 heterocycles. The molecule has 1 amide bonds. The van der Waals surface area contributed by atoms with Crippen LogP contribution in [-0.4, -0.2) is 37.0 Å². The van der Waals surface area contributed by atoms with Crippen LogP contribution in [0, 0.1) is 11.8 Å². The molecule has 0 radical (unpaired) electrons. The zero-order chi connectivity index (χ0) is 15.9. The van der Waals surface area contributed by atoms with E-state index in [1.165, 1.54) is 37.7 Å². The van der Waals surface area contributed by atoms with E-state index >= 15 is 0 Å². The standard InChI is InChI=1S/C20H30N2O/c23-20(9-8-19-10-13-21-16-19)22-14-11-18(12-15-22)7-6-17-4-2-1-3-5-17/h1-5,18-19,21H,6-16H2. The van der Waals surface area contributed by atoms with Gasteiger partial charge < -0.3 is 10.2 Å². The summed E-state index contributed by atoms with van der Waals surface area (Å²) in [6, 6.07) is 10.8. The second kappa shape index (κ2) is 8.49. The maximum atomic E-state index is 12.3. The molecule has 3 rings (SSSR count). The number of rotatable bonds is 6. The number of benzene rings is 1.